The van der Waals surface area contributed by atoms with Gasteiger partial charge in [0.05, 0.1) is 24.3 Å². The first-order chi connectivity index (χ1) is 21.5. The molecule has 1 aromatic carbocycles. The van der Waals surface area contributed by atoms with Gasteiger partial charge in [-0.2, -0.15) is 0 Å². The van der Waals surface area contributed by atoms with E-state index in [0.29, 0.717) is 24.3 Å². The summed E-state index contributed by atoms with van der Waals surface area (Å²) in [6, 6.07) is 6.71. The maximum absolute atomic E-state index is 12.6. The van der Waals surface area contributed by atoms with Crippen molar-refractivity contribution in [1.29, 1.82) is 0 Å². The molecule has 0 saturated heterocycles. The second-order valence-electron chi connectivity index (χ2n) is 12.4. The van der Waals surface area contributed by atoms with E-state index in [1.54, 1.807) is 24.3 Å². The van der Waals surface area contributed by atoms with Crippen LogP contribution in [0.2, 0.25) is 0 Å². The monoisotopic (exact) mass is 617 g/mol. The summed E-state index contributed by atoms with van der Waals surface area (Å²) in [5.74, 6) is -0.768. The van der Waals surface area contributed by atoms with E-state index in [2.05, 4.69) is 37.5 Å². The van der Waals surface area contributed by atoms with Crippen molar-refractivity contribution in [2.24, 2.45) is 0 Å². The molecule has 0 aliphatic rings. The molecule has 254 valence electrons. The van der Waals surface area contributed by atoms with E-state index >= 15 is 0 Å². The van der Waals surface area contributed by atoms with Gasteiger partial charge in [-0.1, -0.05) is 124 Å². The molecule has 1 rings (SSSR count). The van der Waals surface area contributed by atoms with Crippen molar-refractivity contribution < 1.29 is 19.1 Å². The molecule has 0 unspecified atom stereocenters. The third-order valence-corrected chi connectivity index (χ3v) is 8.59. The molecule has 0 aliphatic carbocycles. The second kappa shape index (κ2) is 28.5. The van der Waals surface area contributed by atoms with Crippen LogP contribution in [0.1, 0.15) is 164 Å². The van der Waals surface area contributed by atoms with E-state index in [1.807, 2.05) is 0 Å². The molecular formula is C38H68N2O4. The Kier molecular flexibility index (Phi) is 26.0. The lowest BCUT2D eigenvalue weighted by Gasteiger charge is -2.20. The minimum Gasteiger partial charge on any atom is -0.462 e. The number of nitrogens with zero attached hydrogens (tertiary/aromatic N) is 2. The normalized spacial score (nSPS) is 11.4. The minimum atomic E-state index is -0.384. The van der Waals surface area contributed by atoms with Crippen LogP contribution in [0.3, 0.4) is 0 Å². The van der Waals surface area contributed by atoms with Crippen molar-refractivity contribution in [2.45, 2.75) is 143 Å². The summed E-state index contributed by atoms with van der Waals surface area (Å²) in [6.07, 6.45) is 22.9. The predicted molar refractivity (Wildman–Crippen MR) is 186 cm³/mol. The Morgan fingerprint density at radius 3 is 1.20 bits per heavy atom. The van der Waals surface area contributed by atoms with E-state index < -0.39 is 0 Å². The molecule has 0 spiro atoms. The summed E-state index contributed by atoms with van der Waals surface area (Å²) < 4.78 is 11.1. The largest absolute Gasteiger partial charge is 0.462 e. The summed E-state index contributed by atoms with van der Waals surface area (Å²) in [5, 5.41) is 0. The van der Waals surface area contributed by atoms with E-state index in [-0.39, 0.29) is 11.9 Å². The van der Waals surface area contributed by atoms with Crippen LogP contribution in [0.5, 0.6) is 0 Å². The molecule has 0 aliphatic heterocycles. The number of esters is 2. The SMILES string of the molecule is CCCCCCCCCCN(CC)CCCOC(=O)c1cccc(C(=O)OCCCN(CC)CCCCCCCCCC)c1. The number of ether oxygens (including phenoxy) is 2. The zero-order valence-corrected chi connectivity index (χ0v) is 29.2. The van der Waals surface area contributed by atoms with Crippen LogP contribution in [-0.4, -0.2) is 74.2 Å². The fourth-order valence-corrected chi connectivity index (χ4v) is 5.64. The number of rotatable bonds is 30. The summed E-state index contributed by atoms with van der Waals surface area (Å²) in [5.41, 5.74) is 0.793. The summed E-state index contributed by atoms with van der Waals surface area (Å²) in [7, 11) is 0. The van der Waals surface area contributed by atoms with Gasteiger partial charge in [0.15, 0.2) is 0 Å². The standard InChI is InChI=1S/C38H68N2O4/c1-5-9-11-13-15-17-19-21-28-39(7-3)30-24-32-43-37(41)35-26-23-27-36(34-35)38(42)44-33-25-31-40(8-4)29-22-20-18-16-14-12-10-6-2/h23,26-27,34H,5-22,24-25,28-33H2,1-4H3. The molecule has 1 aromatic rings. The zero-order valence-electron chi connectivity index (χ0n) is 29.2. The van der Waals surface area contributed by atoms with Gasteiger partial charge in [-0.05, 0) is 70.1 Å². The Morgan fingerprint density at radius 2 is 0.841 bits per heavy atom. The lowest BCUT2D eigenvalue weighted by molar-refractivity contribution is 0.0487. The number of carbonyl (C=O) groups excluding carboxylic acids is 2. The van der Waals surface area contributed by atoms with Crippen LogP contribution in [0.4, 0.5) is 0 Å². The first-order valence-electron chi connectivity index (χ1n) is 18.4. The Labute approximate surface area is 271 Å². The van der Waals surface area contributed by atoms with Crippen molar-refractivity contribution >= 4 is 11.9 Å². The summed E-state index contributed by atoms with van der Waals surface area (Å²) >= 11 is 0. The summed E-state index contributed by atoms with van der Waals surface area (Å²) in [6.45, 7) is 15.8. The van der Waals surface area contributed by atoms with E-state index in [1.165, 1.54) is 103 Å². The van der Waals surface area contributed by atoms with Crippen molar-refractivity contribution in [3.8, 4) is 0 Å². The molecule has 0 saturated carbocycles. The topological polar surface area (TPSA) is 59.1 Å². The minimum absolute atomic E-state index is 0.383. The number of unbranched alkanes of at least 4 members (excludes halogenated alkanes) is 14. The molecular weight excluding hydrogens is 548 g/mol. The number of hydrogen-bond acceptors (Lipinski definition) is 6. The molecule has 44 heavy (non-hydrogen) atoms. The van der Waals surface area contributed by atoms with Crippen LogP contribution in [-0.2, 0) is 9.47 Å². The predicted octanol–water partition coefficient (Wildman–Crippen LogP) is 9.71. The quantitative estimate of drug-likeness (QED) is 0.0633. The Morgan fingerprint density at radius 1 is 0.500 bits per heavy atom. The molecule has 6 heteroatoms. The van der Waals surface area contributed by atoms with Crippen LogP contribution in [0.15, 0.2) is 24.3 Å². The lowest BCUT2D eigenvalue weighted by atomic mass is 10.1. The molecule has 0 atom stereocenters. The van der Waals surface area contributed by atoms with Gasteiger partial charge in [-0.25, -0.2) is 9.59 Å². The highest BCUT2D eigenvalue weighted by atomic mass is 16.5. The Balaban J connectivity index is 2.23. The number of hydrogen-bond donors (Lipinski definition) is 0. The molecule has 0 bridgehead atoms. The van der Waals surface area contributed by atoms with Gasteiger partial charge >= 0.3 is 11.9 Å². The number of benzene rings is 1. The molecule has 0 heterocycles. The lowest BCUT2D eigenvalue weighted by Crippen LogP contribution is -2.27. The van der Waals surface area contributed by atoms with Gasteiger partial charge in [0.1, 0.15) is 0 Å². The molecule has 0 radical (unpaired) electrons. The smallest absolute Gasteiger partial charge is 0.338 e. The Bertz CT molecular complexity index is 768. The molecule has 0 aromatic heterocycles. The first kappa shape index (κ1) is 40.1. The molecule has 6 nitrogen and oxygen atoms in total. The fourth-order valence-electron chi connectivity index (χ4n) is 5.64. The van der Waals surface area contributed by atoms with E-state index in [4.69, 9.17) is 9.47 Å². The summed E-state index contributed by atoms with van der Waals surface area (Å²) in [4.78, 5) is 30.2. The van der Waals surface area contributed by atoms with E-state index in [0.717, 1.165) is 52.1 Å². The van der Waals surface area contributed by atoms with Crippen LogP contribution in [0, 0.1) is 0 Å². The molecule has 0 fully saturated rings. The maximum Gasteiger partial charge on any atom is 0.338 e. The van der Waals surface area contributed by atoms with Gasteiger partial charge < -0.3 is 19.3 Å². The molecule has 0 N–H and O–H groups in total. The second-order valence-corrected chi connectivity index (χ2v) is 12.4. The van der Waals surface area contributed by atoms with Gasteiger partial charge in [0.2, 0.25) is 0 Å². The third-order valence-electron chi connectivity index (χ3n) is 8.59. The Hall–Kier alpha value is -1.92. The van der Waals surface area contributed by atoms with Gasteiger partial charge in [-0.3, -0.25) is 0 Å². The fraction of sp³-hybridized carbons (Fsp3) is 0.789. The third kappa shape index (κ3) is 20.9. The first-order valence-corrected chi connectivity index (χ1v) is 18.4. The van der Waals surface area contributed by atoms with Gasteiger partial charge in [-0.15, -0.1) is 0 Å². The van der Waals surface area contributed by atoms with Crippen molar-refractivity contribution in [3.05, 3.63) is 35.4 Å². The van der Waals surface area contributed by atoms with E-state index in [9.17, 15) is 9.59 Å². The zero-order chi connectivity index (χ0) is 32.1. The van der Waals surface area contributed by atoms with Crippen molar-refractivity contribution in [1.82, 2.24) is 9.80 Å². The highest BCUT2D eigenvalue weighted by molar-refractivity contribution is 5.95. The van der Waals surface area contributed by atoms with Crippen LogP contribution < -0.4 is 0 Å². The maximum atomic E-state index is 12.6. The average molecular weight is 617 g/mol. The van der Waals surface area contributed by atoms with Crippen molar-refractivity contribution in [2.75, 3.05) is 52.5 Å². The van der Waals surface area contributed by atoms with Crippen LogP contribution >= 0.6 is 0 Å². The highest BCUT2D eigenvalue weighted by Crippen LogP contribution is 2.12. The van der Waals surface area contributed by atoms with Crippen LogP contribution in [0.25, 0.3) is 0 Å². The van der Waals surface area contributed by atoms with Gasteiger partial charge in [0.25, 0.3) is 0 Å². The average Bonchev–Trinajstić information content (AvgIpc) is 3.05. The van der Waals surface area contributed by atoms with Gasteiger partial charge in [0, 0.05) is 13.1 Å². The highest BCUT2D eigenvalue weighted by Gasteiger charge is 2.13. The molecule has 0 amide bonds. The van der Waals surface area contributed by atoms with Crippen molar-refractivity contribution in [3.63, 3.8) is 0 Å². The number of carbonyl (C=O) groups is 2.